The quantitative estimate of drug-likeness (QED) is 0.863. The molecule has 0 radical (unpaired) electrons. The summed E-state index contributed by atoms with van der Waals surface area (Å²) in [4.78, 5) is 1.13. The van der Waals surface area contributed by atoms with E-state index in [4.69, 9.17) is 0 Å². The van der Waals surface area contributed by atoms with Crippen molar-refractivity contribution in [2.45, 2.75) is 38.0 Å². The molecule has 1 aromatic heterocycles. The van der Waals surface area contributed by atoms with Crippen molar-refractivity contribution in [2.24, 2.45) is 0 Å². The summed E-state index contributed by atoms with van der Waals surface area (Å²) < 4.78 is 27.0. The molecule has 1 fully saturated rings. The van der Waals surface area contributed by atoms with Crippen molar-refractivity contribution in [1.82, 2.24) is 10.0 Å². The molecule has 102 valence electrons. The first-order valence-corrected chi connectivity index (χ1v) is 8.80. The van der Waals surface area contributed by atoms with Gasteiger partial charge in [0.15, 0.2) is 0 Å². The van der Waals surface area contributed by atoms with E-state index in [9.17, 15) is 8.42 Å². The zero-order chi connectivity index (χ0) is 13.0. The molecule has 1 aliphatic rings. The monoisotopic (exact) mass is 288 g/mol. The normalized spacial score (nSPS) is 21.1. The van der Waals surface area contributed by atoms with Crippen LogP contribution in [0.3, 0.4) is 0 Å². The molecule has 1 unspecified atom stereocenters. The van der Waals surface area contributed by atoms with E-state index < -0.39 is 10.0 Å². The maximum absolute atomic E-state index is 12.1. The first-order chi connectivity index (χ1) is 8.63. The van der Waals surface area contributed by atoms with Crippen molar-refractivity contribution in [3.8, 4) is 0 Å². The highest BCUT2D eigenvalue weighted by Crippen LogP contribution is 2.18. The van der Waals surface area contributed by atoms with E-state index in [2.05, 4.69) is 23.0 Å². The molecule has 0 aliphatic carbocycles. The van der Waals surface area contributed by atoms with Gasteiger partial charge in [-0.2, -0.15) is 0 Å². The van der Waals surface area contributed by atoms with E-state index in [-0.39, 0.29) is 5.25 Å². The third-order valence-electron chi connectivity index (χ3n) is 3.34. The second-order valence-electron chi connectivity index (χ2n) is 4.56. The molecule has 1 aromatic rings. The molecule has 1 saturated heterocycles. The molecule has 0 saturated carbocycles. The zero-order valence-corrected chi connectivity index (χ0v) is 12.2. The Hall–Kier alpha value is -0.430. The van der Waals surface area contributed by atoms with Crippen LogP contribution in [0.1, 0.15) is 30.2 Å². The highest BCUT2D eigenvalue weighted by atomic mass is 32.2. The Labute approximate surface area is 113 Å². The average molecular weight is 288 g/mol. The van der Waals surface area contributed by atoms with Gasteiger partial charge >= 0.3 is 0 Å². The summed E-state index contributed by atoms with van der Waals surface area (Å²) in [6.45, 7) is 4.02. The Morgan fingerprint density at radius 3 is 3.06 bits per heavy atom. The van der Waals surface area contributed by atoms with Gasteiger partial charge in [-0.25, -0.2) is 13.1 Å². The van der Waals surface area contributed by atoms with Gasteiger partial charge in [0.05, 0.1) is 5.25 Å². The van der Waals surface area contributed by atoms with Gasteiger partial charge in [0, 0.05) is 18.0 Å². The average Bonchev–Trinajstić information content (AvgIpc) is 2.85. The van der Waals surface area contributed by atoms with Crippen LogP contribution in [0.5, 0.6) is 0 Å². The summed E-state index contributed by atoms with van der Waals surface area (Å²) in [6.07, 6.45) is 2.64. The molecular weight excluding hydrogens is 268 g/mol. The molecule has 0 aromatic carbocycles. The fraction of sp³-hybridized carbons (Fsp3) is 0.667. The van der Waals surface area contributed by atoms with Crippen LogP contribution in [0.2, 0.25) is 0 Å². The fourth-order valence-electron chi connectivity index (χ4n) is 2.21. The lowest BCUT2D eigenvalue weighted by Crippen LogP contribution is -2.44. The molecule has 2 heterocycles. The van der Waals surface area contributed by atoms with Crippen molar-refractivity contribution in [1.29, 1.82) is 0 Å². The Bertz CT molecular complexity index is 476. The number of aryl methyl sites for hydroxylation is 1. The third kappa shape index (κ3) is 3.32. The van der Waals surface area contributed by atoms with Gasteiger partial charge in [0.2, 0.25) is 10.0 Å². The number of rotatable bonds is 5. The number of thiophene rings is 1. The number of hydrogen-bond acceptors (Lipinski definition) is 4. The highest BCUT2D eigenvalue weighted by Gasteiger charge is 2.26. The Morgan fingerprint density at radius 1 is 1.56 bits per heavy atom. The maximum Gasteiger partial charge on any atom is 0.216 e. The van der Waals surface area contributed by atoms with Gasteiger partial charge in [0.1, 0.15) is 0 Å². The summed E-state index contributed by atoms with van der Waals surface area (Å²) in [5, 5.41) is 4.88. The van der Waals surface area contributed by atoms with Gasteiger partial charge in [0.25, 0.3) is 0 Å². The molecule has 0 bridgehead atoms. The van der Waals surface area contributed by atoms with E-state index in [1.807, 2.05) is 5.38 Å². The van der Waals surface area contributed by atoms with Crippen LogP contribution in [0, 0.1) is 0 Å². The van der Waals surface area contributed by atoms with Crippen LogP contribution in [0.15, 0.2) is 11.4 Å². The molecule has 2 N–H and O–H groups in total. The summed E-state index contributed by atoms with van der Waals surface area (Å²) in [6, 6.07) is 2.07. The first-order valence-electron chi connectivity index (χ1n) is 6.38. The van der Waals surface area contributed by atoms with Crippen molar-refractivity contribution < 1.29 is 8.42 Å². The van der Waals surface area contributed by atoms with Gasteiger partial charge in [-0.15, -0.1) is 11.3 Å². The standard InChI is InChI=1S/C12H20N2O2S2/c1-2-10-5-7-17-12(10)9-14-18(15,16)11-4-3-6-13-8-11/h5,7,11,13-14H,2-4,6,8-9H2,1H3. The minimum absolute atomic E-state index is 0.281. The fourth-order valence-corrected chi connectivity index (χ4v) is 4.61. The summed E-state index contributed by atoms with van der Waals surface area (Å²) >= 11 is 1.62. The van der Waals surface area contributed by atoms with Crippen molar-refractivity contribution in [3.05, 3.63) is 21.9 Å². The van der Waals surface area contributed by atoms with Crippen LogP contribution in [-0.2, 0) is 23.0 Å². The highest BCUT2D eigenvalue weighted by molar-refractivity contribution is 7.90. The number of sulfonamides is 1. The lowest BCUT2D eigenvalue weighted by molar-refractivity contribution is 0.490. The Balaban J connectivity index is 1.96. The predicted molar refractivity (Wildman–Crippen MR) is 75.3 cm³/mol. The Morgan fingerprint density at radius 2 is 2.39 bits per heavy atom. The molecule has 0 amide bonds. The zero-order valence-electron chi connectivity index (χ0n) is 10.6. The van der Waals surface area contributed by atoms with Gasteiger partial charge in [-0.05, 0) is 42.8 Å². The molecule has 6 heteroatoms. The molecule has 0 spiro atoms. The second kappa shape index (κ2) is 6.14. The summed E-state index contributed by atoms with van der Waals surface area (Å²) in [5.74, 6) is 0. The number of hydrogen-bond donors (Lipinski definition) is 2. The predicted octanol–water partition coefficient (Wildman–Crippen LogP) is 1.48. The van der Waals surface area contributed by atoms with Crippen molar-refractivity contribution in [3.63, 3.8) is 0 Å². The van der Waals surface area contributed by atoms with Crippen LogP contribution in [0.25, 0.3) is 0 Å². The molecule has 2 rings (SSSR count). The lowest BCUT2D eigenvalue weighted by atomic mass is 10.2. The number of nitrogens with one attached hydrogen (secondary N) is 2. The van der Waals surface area contributed by atoms with E-state index in [1.165, 1.54) is 5.56 Å². The van der Waals surface area contributed by atoms with Gasteiger partial charge in [-0.1, -0.05) is 6.92 Å². The van der Waals surface area contributed by atoms with E-state index >= 15 is 0 Å². The molecule has 4 nitrogen and oxygen atoms in total. The minimum Gasteiger partial charge on any atom is -0.315 e. The van der Waals surface area contributed by atoms with Crippen molar-refractivity contribution in [2.75, 3.05) is 13.1 Å². The molecule has 1 atom stereocenters. The van der Waals surface area contributed by atoms with Crippen LogP contribution in [-0.4, -0.2) is 26.8 Å². The maximum atomic E-state index is 12.1. The summed E-state index contributed by atoms with van der Waals surface area (Å²) in [7, 11) is -3.19. The van der Waals surface area contributed by atoms with Crippen LogP contribution < -0.4 is 10.0 Å². The van der Waals surface area contributed by atoms with E-state index in [0.717, 1.165) is 30.7 Å². The molecular formula is C12H20N2O2S2. The third-order valence-corrected chi connectivity index (χ3v) is 6.13. The topological polar surface area (TPSA) is 58.2 Å². The van der Waals surface area contributed by atoms with Crippen molar-refractivity contribution >= 4 is 21.4 Å². The second-order valence-corrected chi connectivity index (χ2v) is 7.60. The van der Waals surface area contributed by atoms with Gasteiger partial charge in [-0.3, -0.25) is 0 Å². The number of piperidine rings is 1. The first kappa shape index (κ1) is 14.0. The largest absolute Gasteiger partial charge is 0.315 e. The van der Waals surface area contributed by atoms with Crippen LogP contribution in [0.4, 0.5) is 0 Å². The Kier molecular flexibility index (Phi) is 4.77. The minimum atomic E-state index is -3.19. The van der Waals surface area contributed by atoms with E-state index in [1.54, 1.807) is 11.3 Å². The van der Waals surface area contributed by atoms with Crippen LogP contribution >= 0.6 is 11.3 Å². The molecule has 18 heavy (non-hydrogen) atoms. The lowest BCUT2D eigenvalue weighted by Gasteiger charge is -2.23. The van der Waals surface area contributed by atoms with E-state index in [0.29, 0.717) is 13.1 Å². The van der Waals surface area contributed by atoms with Gasteiger partial charge < -0.3 is 5.32 Å². The molecule has 1 aliphatic heterocycles. The SMILES string of the molecule is CCc1ccsc1CNS(=O)(=O)C1CCCNC1. The summed E-state index contributed by atoms with van der Waals surface area (Å²) in [5.41, 5.74) is 1.24. The smallest absolute Gasteiger partial charge is 0.216 e.